The summed E-state index contributed by atoms with van der Waals surface area (Å²) in [6, 6.07) is 13.9. The van der Waals surface area contributed by atoms with Gasteiger partial charge in [0.25, 0.3) is 6.01 Å². The summed E-state index contributed by atoms with van der Waals surface area (Å²) < 4.78 is 86.0. The van der Waals surface area contributed by atoms with Crippen LogP contribution in [0.15, 0.2) is 71.5 Å². The first kappa shape index (κ1) is 45.0. The number of piperazine rings is 1. The lowest BCUT2D eigenvalue weighted by molar-refractivity contribution is -0.151. The van der Waals surface area contributed by atoms with Gasteiger partial charge in [0, 0.05) is 56.4 Å². The number of nitrogens with zero attached hydrogens (tertiary/aromatic N) is 6. The highest BCUT2D eigenvalue weighted by atomic mass is 35.5. The van der Waals surface area contributed by atoms with E-state index >= 15 is 0 Å². The number of halogens is 5. The Balaban J connectivity index is 1.25. The molecule has 21 heteroatoms. The number of fused-ring (bicyclic) bond motifs is 1. The Morgan fingerprint density at radius 1 is 1.03 bits per heavy atom. The smallest absolute Gasteiger partial charge is 0.408 e. The van der Waals surface area contributed by atoms with Gasteiger partial charge < -0.3 is 28.3 Å². The molecule has 1 aliphatic rings. The van der Waals surface area contributed by atoms with Crippen molar-refractivity contribution in [3.8, 4) is 39.1 Å². The van der Waals surface area contributed by atoms with Crippen molar-refractivity contribution in [3.63, 3.8) is 0 Å². The van der Waals surface area contributed by atoms with E-state index < -0.39 is 42.0 Å². The molecule has 1 saturated heterocycles. The third kappa shape index (κ3) is 9.93. The van der Waals surface area contributed by atoms with Crippen LogP contribution in [-0.4, -0.2) is 124 Å². The van der Waals surface area contributed by atoms with E-state index in [0.717, 1.165) is 37.4 Å². The number of aromatic nitrogens is 4. The summed E-state index contributed by atoms with van der Waals surface area (Å²) in [7, 11) is 7.13. The number of para-hydroxylation sites is 1. The first-order valence-electron chi connectivity index (χ1n) is 20.1. The van der Waals surface area contributed by atoms with Crippen LogP contribution in [0.5, 0.6) is 17.4 Å². The summed E-state index contributed by atoms with van der Waals surface area (Å²) in [5.74, 6) is -0.413. The molecule has 0 aliphatic carbocycles. The first-order valence-corrected chi connectivity index (χ1v) is 21.3. The van der Waals surface area contributed by atoms with Crippen molar-refractivity contribution >= 4 is 62.7 Å². The van der Waals surface area contributed by atoms with Gasteiger partial charge in [-0.15, -0.1) is 11.3 Å². The predicted octanol–water partition coefficient (Wildman–Crippen LogP) is 5.24. The fraction of sp³-hybridized carbons (Fsp3) is 0.366. The van der Waals surface area contributed by atoms with Gasteiger partial charge in [-0.05, 0) is 61.9 Å². The molecule has 4 aromatic heterocycles. The molecule has 12 nitrogen and oxygen atoms in total. The maximum absolute atomic E-state index is 14.5. The van der Waals surface area contributed by atoms with Crippen LogP contribution < -0.4 is 14.2 Å². The van der Waals surface area contributed by atoms with Crippen LogP contribution in [0.3, 0.4) is 0 Å². The molecule has 5 heterocycles. The van der Waals surface area contributed by atoms with Crippen LogP contribution in [-0.2, 0) is 21.5 Å². The van der Waals surface area contributed by atoms with Crippen LogP contribution in [0.2, 0.25) is 5.02 Å². The highest BCUT2D eigenvalue weighted by molar-refractivity contribution is 7.22. The minimum absolute atomic E-state index is 0.0299. The Morgan fingerprint density at radius 3 is 2.50 bits per heavy atom. The molecule has 2 atom stereocenters. The number of hydrogen-bond donors (Lipinski definition) is 0. The van der Waals surface area contributed by atoms with Gasteiger partial charge in [-0.3, -0.25) is 9.58 Å². The molecule has 62 heavy (non-hydrogen) atoms. The predicted molar refractivity (Wildman–Crippen MR) is 236 cm³/mol. The monoisotopic (exact) mass is 892 g/mol. The standard InChI is InChI=1S/C41H44B3ClF4N6O6S/c1-4-57-39(56)35(33(42)25-7-5-6-8-26(25)61-41(43,44)29-13-14-52-55(29)21-40(47,48)49)60-37-32-31(36(28-11-12-30(46)59-28)62-38(32)51-22-50-37)24-9-10-27(34(45)23(24)2)58-20-19-54-17-15-53(3)16-18-54/h5-14,22,33,35H,4,15-21,42-44H2,1-3H3/t33-,35+/m1/s1. The lowest BCUT2D eigenvalue weighted by atomic mass is 9.63. The number of alkyl halides is 3. The fourth-order valence-electron chi connectivity index (χ4n) is 7.54. The van der Waals surface area contributed by atoms with Crippen LogP contribution in [0.25, 0.3) is 32.0 Å². The molecule has 0 radical (unpaired) electrons. The van der Waals surface area contributed by atoms with Gasteiger partial charge in [-0.25, -0.2) is 14.8 Å². The van der Waals surface area contributed by atoms with Crippen molar-refractivity contribution in [2.75, 3.05) is 53.0 Å². The fourth-order valence-corrected chi connectivity index (χ4v) is 8.87. The lowest BCUT2D eigenvalue weighted by Gasteiger charge is -2.32. The Hall–Kier alpha value is -5.04. The third-order valence-electron chi connectivity index (χ3n) is 10.8. The van der Waals surface area contributed by atoms with Crippen molar-refractivity contribution in [2.24, 2.45) is 0 Å². The van der Waals surface area contributed by atoms with Crippen molar-refractivity contribution in [1.29, 1.82) is 0 Å². The topological polar surface area (TPSA) is 117 Å². The van der Waals surface area contributed by atoms with Gasteiger partial charge in [0.2, 0.25) is 5.88 Å². The Labute approximate surface area is 367 Å². The number of ether oxygens (including phenoxy) is 4. The molecular weight excluding hydrogens is 848 g/mol. The zero-order valence-electron chi connectivity index (χ0n) is 35.1. The summed E-state index contributed by atoms with van der Waals surface area (Å²) in [5.41, 5.74) is 2.54. The quantitative estimate of drug-likeness (QED) is 0.0722. The average Bonchev–Trinajstić information content (AvgIpc) is 3.98. The first-order chi connectivity index (χ1) is 29.5. The van der Waals surface area contributed by atoms with E-state index in [2.05, 4.69) is 31.9 Å². The second-order valence-electron chi connectivity index (χ2n) is 15.5. The molecule has 0 amide bonds. The van der Waals surface area contributed by atoms with Gasteiger partial charge in [0.05, 0.1) is 33.0 Å². The molecule has 0 spiro atoms. The number of benzene rings is 2. The number of furan rings is 1. The number of rotatable bonds is 16. The van der Waals surface area contributed by atoms with E-state index in [-0.39, 0.29) is 23.9 Å². The van der Waals surface area contributed by atoms with E-state index in [1.165, 1.54) is 42.1 Å². The maximum atomic E-state index is 14.5. The van der Waals surface area contributed by atoms with Gasteiger partial charge in [0.15, 0.2) is 21.8 Å². The summed E-state index contributed by atoms with van der Waals surface area (Å²) in [4.78, 5) is 28.6. The molecule has 2 aromatic carbocycles. The average molecular weight is 893 g/mol. The van der Waals surface area contributed by atoms with Gasteiger partial charge >= 0.3 is 12.1 Å². The van der Waals surface area contributed by atoms with Crippen molar-refractivity contribution in [1.82, 2.24) is 29.5 Å². The van der Waals surface area contributed by atoms with Crippen LogP contribution >= 0.6 is 22.9 Å². The summed E-state index contributed by atoms with van der Waals surface area (Å²) >= 11 is 8.26. The largest absolute Gasteiger partial charge is 0.499 e. The molecule has 0 unspecified atom stereocenters. The number of carbonyl (C=O) groups is 1. The SMILES string of the molecule is B[C@H](c1ccccc1OC(B)(B)c1ccnn1CC(F)(F)F)[C@H](Oc1ncnc2sc(-c3ccc(F)o3)c(-c3ccc(OCCN4CCN(C)CC4)c(Cl)c3C)c12)C(=O)OCC. The molecule has 1 fully saturated rings. The Kier molecular flexibility index (Phi) is 13.6. The van der Waals surface area contributed by atoms with Crippen LogP contribution in [0.4, 0.5) is 17.6 Å². The second kappa shape index (κ2) is 18.7. The Morgan fingerprint density at radius 2 is 1.79 bits per heavy atom. The molecule has 7 rings (SSSR count). The highest BCUT2D eigenvalue weighted by Gasteiger charge is 2.37. The highest BCUT2D eigenvalue weighted by Crippen LogP contribution is 2.50. The Bertz CT molecular complexity index is 2530. The molecule has 0 saturated carbocycles. The normalized spacial score (nSPS) is 15.1. The minimum atomic E-state index is -4.51. The second-order valence-corrected chi connectivity index (χ2v) is 16.9. The van der Waals surface area contributed by atoms with E-state index in [4.69, 9.17) is 35.0 Å². The number of likely N-dealkylation sites (N-methyl/N-ethyl adjacent to an activating group) is 1. The zero-order chi connectivity index (χ0) is 44.3. The van der Waals surface area contributed by atoms with Crippen molar-refractivity contribution < 1.29 is 45.7 Å². The molecular formula is C41H44B3ClF4N6O6S. The maximum Gasteiger partial charge on any atom is 0.408 e. The summed E-state index contributed by atoms with van der Waals surface area (Å²) in [5, 5.41) is 3.39. The van der Waals surface area contributed by atoms with Crippen molar-refractivity contribution in [3.05, 3.63) is 95.0 Å². The summed E-state index contributed by atoms with van der Waals surface area (Å²) in [6.07, 6.45) is -3.24. The summed E-state index contributed by atoms with van der Waals surface area (Å²) in [6.45, 7) is 7.34. The number of esters is 1. The number of carbonyl (C=O) groups excluding carboxylic acids is 1. The number of thiophene rings is 1. The zero-order valence-corrected chi connectivity index (χ0v) is 36.7. The van der Waals surface area contributed by atoms with E-state index in [1.807, 2.05) is 13.0 Å². The van der Waals surface area contributed by atoms with Crippen LogP contribution in [0.1, 0.15) is 29.6 Å². The molecule has 6 aromatic rings. The van der Waals surface area contributed by atoms with E-state index in [0.29, 0.717) is 60.5 Å². The molecule has 0 bridgehead atoms. The minimum Gasteiger partial charge on any atom is -0.499 e. The van der Waals surface area contributed by atoms with E-state index in [1.54, 1.807) is 60.8 Å². The van der Waals surface area contributed by atoms with Gasteiger partial charge in [-0.1, -0.05) is 35.9 Å². The number of hydrogen-bond acceptors (Lipinski definition) is 12. The molecule has 1 aliphatic heterocycles. The van der Waals surface area contributed by atoms with Crippen molar-refractivity contribution in [2.45, 2.75) is 43.9 Å². The molecule has 324 valence electrons. The van der Waals surface area contributed by atoms with Gasteiger partial charge in [-0.2, -0.15) is 22.7 Å². The van der Waals surface area contributed by atoms with Crippen LogP contribution in [0, 0.1) is 12.9 Å². The lowest BCUT2D eigenvalue weighted by Crippen LogP contribution is -2.45. The third-order valence-corrected chi connectivity index (χ3v) is 12.4. The molecule has 0 N–H and O–H groups in total. The van der Waals surface area contributed by atoms with E-state index in [9.17, 15) is 22.4 Å². The van der Waals surface area contributed by atoms with Gasteiger partial charge in [0.1, 0.15) is 49.4 Å².